The number of aryl methyl sites for hydroxylation is 1. The van der Waals surface area contributed by atoms with E-state index in [1.54, 1.807) is 60.6 Å². The van der Waals surface area contributed by atoms with Crippen molar-refractivity contribution >= 4 is 18.2 Å². The van der Waals surface area contributed by atoms with Crippen molar-refractivity contribution in [3.8, 4) is 0 Å². The van der Waals surface area contributed by atoms with Crippen LogP contribution in [0.25, 0.3) is 0 Å². The standard InChI is InChI=1S/C21H33N3O8/c1-14-22-32-17(26)23(14)13-11-9-10-12-15(16(25)29-8)24(18(27)30-20(2,3)4)19(28)31-21(5,6)7/h9,11,15H,10,12-13H2,1-8H3/b11-9-/t15-/m0/s1. The smallest absolute Gasteiger partial charge is 0.441 e. The number of methoxy groups -OCH3 is 1. The van der Waals surface area contributed by atoms with E-state index in [1.807, 2.05) is 0 Å². The first-order chi connectivity index (χ1) is 14.7. The molecule has 0 aliphatic carbocycles. The van der Waals surface area contributed by atoms with E-state index in [9.17, 15) is 19.2 Å². The van der Waals surface area contributed by atoms with E-state index in [0.29, 0.717) is 17.1 Å². The zero-order valence-corrected chi connectivity index (χ0v) is 20.0. The quantitative estimate of drug-likeness (QED) is 0.345. The molecule has 0 unspecified atom stereocenters. The maximum absolute atomic E-state index is 12.8. The summed E-state index contributed by atoms with van der Waals surface area (Å²) < 4.78 is 21.3. The number of ether oxygens (including phenoxy) is 3. The summed E-state index contributed by atoms with van der Waals surface area (Å²) >= 11 is 0. The fourth-order valence-corrected chi connectivity index (χ4v) is 2.53. The van der Waals surface area contributed by atoms with Crippen LogP contribution in [-0.2, 0) is 25.5 Å². The highest BCUT2D eigenvalue weighted by Crippen LogP contribution is 2.20. The second kappa shape index (κ2) is 11.0. The van der Waals surface area contributed by atoms with Crippen LogP contribution >= 0.6 is 0 Å². The Bertz CT molecular complexity index is 858. The summed E-state index contributed by atoms with van der Waals surface area (Å²) in [6, 6.07) is -1.27. The number of esters is 1. The van der Waals surface area contributed by atoms with Gasteiger partial charge < -0.3 is 14.2 Å². The molecule has 0 fully saturated rings. The molecule has 180 valence electrons. The van der Waals surface area contributed by atoms with Gasteiger partial charge in [-0.25, -0.2) is 19.2 Å². The van der Waals surface area contributed by atoms with Gasteiger partial charge in [-0.3, -0.25) is 9.09 Å². The van der Waals surface area contributed by atoms with Crippen LogP contribution in [0.15, 0.2) is 21.5 Å². The van der Waals surface area contributed by atoms with Crippen molar-refractivity contribution in [3.05, 3.63) is 28.5 Å². The monoisotopic (exact) mass is 455 g/mol. The molecule has 0 spiro atoms. The predicted molar refractivity (Wildman–Crippen MR) is 114 cm³/mol. The summed E-state index contributed by atoms with van der Waals surface area (Å²) in [5.41, 5.74) is -1.80. The van der Waals surface area contributed by atoms with Crippen LogP contribution in [0.4, 0.5) is 9.59 Å². The molecule has 0 radical (unpaired) electrons. The second-order valence-corrected chi connectivity index (χ2v) is 9.02. The Morgan fingerprint density at radius 1 is 1.06 bits per heavy atom. The van der Waals surface area contributed by atoms with Crippen molar-refractivity contribution in [2.75, 3.05) is 7.11 Å². The van der Waals surface area contributed by atoms with Crippen LogP contribution in [0.3, 0.4) is 0 Å². The van der Waals surface area contributed by atoms with E-state index in [1.165, 1.54) is 4.57 Å². The number of carbonyl (C=O) groups is 3. The van der Waals surface area contributed by atoms with E-state index < -0.39 is 41.2 Å². The van der Waals surface area contributed by atoms with Gasteiger partial charge in [0.2, 0.25) is 0 Å². The molecule has 0 aliphatic heterocycles. The highest BCUT2D eigenvalue weighted by atomic mass is 16.6. The summed E-state index contributed by atoms with van der Waals surface area (Å²) in [5, 5.41) is 3.57. The summed E-state index contributed by atoms with van der Waals surface area (Å²) in [5.74, 6) is -0.949. The molecule has 1 aromatic rings. The number of carbonyl (C=O) groups excluding carboxylic acids is 3. The van der Waals surface area contributed by atoms with Crippen molar-refractivity contribution in [3.63, 3.8) is 0 Å². The Balaban J connectivity index is 3.05. The van der Waals surface area contributed by atoms with E-state index in [-0.39, 0.29) is 13.0 Å². The molecule has 1 aromatic heterocycles. The molecule has 0 aliphatic rings. The largest absolute Gasteiger partial charge is 0.467 e. The maximum Gasteiger partial charge on any atom is 0.441 e. The predicted octanol–water partition coefficient (Wildman–Crippen LogP) is 3.19. The lowest BCUT2D eigenvalue weighted by Gasteiger charge is -2.32. The molecule has 0 saturated heterocycles. The van der Waals surface area contributed by atoms with Gasteiger partial charge in [-0.1, -0.05) is 17.3 Å². The summed E-state index contributed by atoms with van der Waals surface area (Å²) in [6.07, 6.45) is 1.71. The summed E-state index contributed by atoms with van der Waals surface area (Å²) in [4.78, 5) is 50.2. The van der Waals surface area contributed by atoms with Crippen molar-refractivity contribution < 1.29 is 33.1 Å². The van der Waals surface area contributed by atoms with Gasteiger partial charge in [-0.05, 0) is 61.3 Å². The van der Waals surface area contributed by atoms with Gasteiger partial charge in [0, 0.05) is 6.54 Å². The Kier molecular flexibility index (Phi) is 9.22. The Labute approximate surface area is 187 Å². The average molecular weight is 456 g/mol. The number of imide groups is 1. The van der Waals surface area contributed by atoms with Crippen LogP contribution in [0.2, 0.25) is 0 Å². The molecule has 0 aromatic carbocycles. The average Bonchev–Trinajstić information content (AvgIpc) is 2.94. The van der Waals surface area contributed by atoms with Gasteiger partial charge in [0.05, 0.1) is 7.11 Å². The van der Waals surface area contributed by atoms with E-state index in [0.717, 1.165) is 7.11 Å². The van der Waals surface area contributed by atoms with E-state index in [4.69, 9.17) is 14.2 Å². The molecular formula is C21H33N3O8. The van der Waals surface area contributed by atoms with Gasteiger partial charge in [-0.2, -0.15) is 4.90 Å². The molecule has 1 heterocycles. The molecule has 0 bridgehead atoms. The SMILES string of the molecule is COC(=O)[C@H](CC/C=C\Cn1c(C)noc1=O)N(C(=O)OC(C)(C)C)C(=O)OC(C)(C)C. The van der Waals surface area contributed by atoms with E-state index in [2.05, 4.69) is 9.68 Å². The lowest BCUT2D eigenvalue weighted by molar-refractivity contribution is -0.146. The van der Waals surface area contributed by atoms with Gasteiger partial charge in [0.1, 0.15) is 17.2 Å². The minimum atomic E-state index is -1.27. The Morgan fingerprint density at radius 2 is 1.59 bits per heavy atom. The first-order valence-corrected chi connectivity index (χ1v) is 10.2. The van der Waals surface area contributed by atoms with Gasteiger partial charge in [-0.15, -0.1) is 0 Å². The topological polar surface area (TPSA) is 130 Å². The zero-order chi connectivity index (χ0) is 24.7. The molecule has 2 amide bonds. The normalized spacial score (nSPS) is 13.0. The summed E-state index contributed by atoms with van der Waals surface area (Å²) in [7, 11) is 1.16. The summed E-state index contributed by atoms with van der Waals surface area (Å²) in [6.45, 7) is 11.7. The van der Waals surface area contributed by atoms with Crippen LogP contribution < -0.4 is 5.76 Å². The van der Waals surface area contributed by atoms with Crippen molar-refractivity contribution in [2.24, 2.45) is 0 Å². The van der Waals surface area contributed by atoms with Gasteiger partial charge >= 0.3 is 23.9 Å². The van der Waals surface area contributed by atoms with E-state index >= 15 is 0 Å². The number of aromatic nitrogens is 2. The number of amides is 2. The number of hydrogen-bond donors (Lipinski definition) is 0. The van der Waals surface area contributed by atoms with Crippen LogP contribution in [0.5, 0.6) is 0 Å². The first kappa shape index (κ1) is 26.9. The number of nitrogens with zero attached hydrogens (tertiary/aromatic N) is 3. The van der Waals surface area contributed by atoms with Gasteiger partial charge in [0.15, 0.2) is 5.82 Å². The number of hydrogen-bond acceptors (Lipinski definition) is 9. The van der Waals surface area contributed by atoms with Crippen molar-refractivity contribution in [2.45, 2.75) is 85.1 Å². The maximum atomic E-state index is 12.8. The lowest BCUT2D eigenvalue weighted by atomic mass is 10.1. The zero-order valence-electron chi connectivity index (χ0n) is 20.0. The third-order valence-corrected chi connectivity index (χ3v) is 3.89. The fraction of sp³-hybridized carbons (Fsp3) is 0.667. The number of rotatable bonds is 7. The minimum absolute atomic E-state index is 0.0547. The van der Waals surface area contributed by atoms with Crippen LogP contribution in [0, 0.1) is 6.92 Å². The van der Waals surface area contributed by atoms with Crippen molar-refractivity contribution in [1.82, 2.24) is 14.6 Å². The molecule has 32 heavy (non-hydrogen) atoms. The third-order valence-electron chi connectivity index (χ3n) is 3.89. The molecule has 11 nitrogen and oxygen atoms in total. The van der Waals surface area contributed by atoms with Gasteiger partial charge in [0.25, 0.3) is 0 Å². The van der Waals surface area contributed by atoms with Crippen molar-refractivity contribution in [1.29, 1.82) is 0 Å². The fourth-order valence-electron chi connectivity index (χ4n) is 2.53. The highest BCUT2D eigenvalue weighted by Gasteiger charge is 2.40. The third kappa shape index (κ3) is 8.56. The molecular weight excluding hydrogens is 422 g/mol. The lowest BCUT2D eigenvalue weighted by Crippen LogP contribution is -2.52. The molecule has 11 heteroatoms. The Hall–Kier alpha value is -3.11. The van der Waals surface area contributed by atoms with Crippen LogP contribution in [0.1, 0.15) is 60.2 Å². The minimum Gasteiger partial charge on any atom is -0.467 e. The molecule has 0 saturated carbocycles. The van der Waals surface area contributed by atoms with Crippen LogP contribution in [-0.4, -0.2) is 57.1 Å². The molecule has 1 atom stereocenters. The highest BCUT2D eigenvalue weighted by molar-refractivity contribution is 5.94. The molecule has 1 rings (SSSR count). The number of allylic oxidation sites excluding steroid dienone is 2. The Morgan fingerprint density at radius 3 is 2.00 bits per heavy atom. The second-order valence-electron chi connectivity index (χ2n) is 9.02. The molecule has 0 N–H and O–H groups in total. The first-order valence-electron chi connectivity index (χ1n) is 10.2.